The third-order valence-corrected chi connectivity index (χ3v) is 6.63. The van der Waals surface area contributed by atoms with Crippen LogP contribution in [0.3, 0.4) is 0 Å². The minimum Gasteiger partial charge on any atom is -0.497 e. The summed E-state index contributed by atoms with van der Waals surface area (Å²) in [5.41, 5.74) is 3.87. The number of nitriles is 1. The Bertz CT molecular complexity index is 1530. The van der Waals surface area contributed by atoms with Crippen molar-refractivity contribution in [2.24, 2.45) is 0 Å². The van der Waals surface area contributed by atoms with E-state index in [2.05, 4.69) is 10.3 Å². The Kier molecular flexibility index (Phi) is 6.80. The molecule has 7 nitrogen and oxygen atoms in total. The van der Waals surface area contributed by atoms with Crippen molar-refractivity contribution in [2.45, 2.75) is 18.9 Å². The smallest absolute Gasteiger partial charge is 0.256 e. The predicted octanol–water partition coefficient (Wildman–Crippen LogP) is 4.81. The Labute approximate surface area is 214 Å². The average molecular weight is 496 g/mol. The van der Waals surface area contributed by atoms with Crippen molar-refractivity contribution in [3.05, 3.63) is 77.7 Å². The molecular formula is C29H26FN5O2. The monoisotopic (exact) mass is 495 g/mol. The predicted molar refractivity (Wildman–Crippen MR) is 140 cm³/mol. The Morgan fingerprint density at radius 2 is 2.08 bits per heavy atom. The van der Waals surface area contributed by atoms with Crippen LogP contribution in [0.25, 0.3) is 33.4 Å². The van der Waals surface area contributed by atoms with Gasteiger partial charge in [-0.25, -0.2) is 9.37 Å². The van der Waals surface area contributed by atoms with E-state index < -0.39 is 5.82 Å². The summed E-state index contributed by atoms with van der Waals surface area (Å²) >= 11 is 0. The molecule has 0 spiro atoms. The summed E-state index contributed by atoms with van der Waals surface area (Å²) in [7, 11) is 3.38. The number of aromatic nitrogens is 2. The summed E-state index contributed by atoms with van der Waals surface area (Å²) in [5, 5.41) is 12.7. The molecule has 1 aliphatic rings. The van der Waals surface area contributed by atoms with E-state index in [1.807, 2.05) is 30.3 Å². The second-order valence-electron chi connectivity index (χ2n) is 9.16. The molecule has 4 aromatic rings. The van der Waals surface area contributed by atoms with Crippen LogP contribution in [0.15, 0.2) is 60.8 Å². The number of hydrogen-bond acceptors (Lipinski definition) is 6. The van der Waals surface area contributed by atoms with Gasteiger partial charge < -0.3 is 15.0 Å². The quantitative estimate of drug-likeness (QED) is 0.413. The lowest BCUT2D eigenvalue weighted by molar-refractivity contribution is 0.0786. The van der Waals surface area contributed by atoms with Gasteiger partial charge in [-0.05, 0) is 67.4 Å². The minimum atomic E-state index is -0.528. The number of nitrogens with one attached hydrogen (secondary N) is 1. The van der Waals surface area contributed by atoms with Crippen molar-refractivity contribution in [1.29, 1.82) is 5.26 Å². The molecule has 1 atom stereocenters. The number of halogens is 1. The number of ether oxygens (including phenoxy) is 1. The first kappa shape index (κ1) is 24.3. The fourth-order valence-corrected chi connectivity index (χ4v) is 4.77. The molecule has 1 saturated heterocycles. The number of fused-ring (bicyclic) bond motifs is 1. The van der Waals surface area contributed by atoms with E-state index in [-0.39, 0.29) is 17.5 Å². The van der Waals surface area contributed by atoms with Crippen LogP contribution in [0, 0.1) is 17.1 Å². The van der Waals surface area contributed by atoms with Gasteiger partial charge in [-0.15, -0.1) is 0 Å². The van der Waals surface area contributed by atoms with E-state index in [0.717, 1.165) is 24.9 Å². The second kappa shape index (κ2) is 10.3. The molecule has 0 saturated carbocycles. The molecule has 0 bridgehead atoms. The first-order valence-corrected chi connectivity index (χ1v) is 12.1. The SMILES string of the molecule is COc1cccc(-c2cnc3ccc(-c4cc(F)cc(C#N)c4)nc3c2C(=O)N(C)C[C@@H]2CCCN2)c1. The van der Waals surface area contributed by atoms with Gasteiger partial charge in [-0.2, -0.15) is 5.26 Å². The van der Waals surface area contributed by atoms with Crippen molar-refractivity contribution < 1.29 is 13.9 Å². The van der Waals surface area contributed by atoms with E-state index in [9.17, 15) is 14.4 Å². The Hall–Kier alpha value is -4.35. The van der Waals surface area contributed by atoms with Crippen LogP contribution in [0.5, 0.6) is 5.75 Å². The van der Waals surface area contributed by atoms with Crippen molar-refractivity contribution in [1.82, 2.24) is 20.2 Å². The molecule has 37 heavy (non-hydrogen) atoms. The summed E-state index contributed by atoms with van der Waals surface area (Å²) in [4.78, 5) is 25.1. The molecule has 3 heterocycles. The summed E-state index contributed by atoms with van der Waals surface area (Å²) < 4.78 is 19.6. The van der Waals surface area contributed by atoms with Crippen LogP contribution >= 0.6 is 0 Å². The molecule has 1 amide bonds. The summed E-state index contributed by atoms with van der Waals surface area (Å²) in [6.45, 7) is 1.51. The first-order valence-electron chi connectivity index (χ1n) is 12.1. The molecule has 0 unspecified atom stereocenters. The number of carbonyl (C=O) groups is 1. The van der Waals surface area contributed by atoms with E-state index in [1.165, 1.54) is 12.1 Å². The van der Waals surface area contributed by atoms with Gasteiger partial charge >= 0.3 is 0 Å². The lowest BCUT2D eigenvalue weighted by Gasteiger charge is -2.23. The number of rotatable bonds is 6. The lowest BCUT2D eigenvalue weighted by Crippen LogP contribution is -2.39. The molecule has 186 valence electrons. The fraction of sp³-hybridized carbons (Fsp3) is 0.241. The van der Waals surface area contributed by atoms with Crippen molar-refractivity contribution in [2.75, 3.05) is 27.2 Å². The van der Waals surface area contributed by atoms with Crippen LogP contribution < -0.4 is 10.1 Å². The number of hydrogen-bond donors (Lipinski definition) is 1. The molecule has 8 heteroatoms. The van der Waals surface area contributed by atoms with Crippen LogP contribution in [-0.2, 0) is 0 Å². The second-order valence-corrected chi connectivity index (χ2v) is 9.16. The van der Waals surface area contributed by atoms with Gasteiger partial charge in [0, 0.05) is 37.0 Å². The number of benzene rings is 2. The van der Waals surface area contributed by atoms with Crippen molar-refractivity contribution >= 4 is 16.9 Å². The van der Waals surface area contributed by atoms with Gasteiger partial charge in [-0.3, -0.25) is 9.78 Å². The van der Waals surface area contributed by atoms with E-state index in [4.69, 9.17) is 9.72 Å². The Morgan fingerprint density at radius 1 is 1.22 bits per heavy atom. The first-order chi connectivity index (χ1) is 18.0. The van der Waals surface area contributed by atoms with E-state index in [0.29, 0.717) is 45.7 Å². The van der Waals surface area contributed by atoms with Gasteiger partial charge in [-0.1, -0.05) is 12.1 Å². The lowest BCUT2D eigenvalue weighted by atomic mass is 9.98. The molecule has 1 fully saturated rings. The topological polar surface area (TPSA) is 91.1 Å². The molecule has 2 aromatic heterocycles. The third-order valence-electron chi connectivity index (χ3n) is 6.63. The molecule has 1 N–H and O–H groups in total. The molecular weight excluding hydrogens is 469 g/mol. The number of pyridine rings is 2. The molecule has 0 aliphatic carbocycles. The maximum Gasteiger partial charge on any atom is 0.256 e. The van der Waals surface area contributed by atoms with Gasteiger partial charge in [0.15, 0.2) is 0 Å². The molecule has 1 aliphatic heterocycles. The molecule has 5 rings (SSSR count). The highest BCUT2D eigenvalue weighted by molar-refractivity contribution is 6.10. The highest BCUT2D eigenvalue weighted by atomic mass is 19.1. The third kappa shape index (κ3) is 4.99. The average Bonchev–Trinajstić information content (AvgIpc) is 3.44. The summed E-state index contributed by atoms with van der Waals surface area (Å²) in [5.74, 6) is -0.0511. The zero-order valence-electron chi connectivity index (χ0n) is 20.7. The molecule has 2 aromatic carbocycles. The molecule has 0 radical (unpaired) electrons. The maximum absolute atomic E-state index is 14.2. The Balaban J connectivity index is 1.69. The highest BCUT2D eigenvalue weighted by Gasteiger charge is 2.25. The Morgan fingerprint density at radius 3 is 2.84 bits per heavy atom. The number of methoxy groups -OCH3 is 1. The summed E-state index contributed by atoms with van der Waals surface area (Å²) in [6, 6.07) is 17.2. The van der Waals surface area contributed by atoms with Crippen LogP contribution in [0.4, 0.5) is 4.39 Å². The zero-order valence-corrected chi connectivity index (χ0v) is 20.7. The number of nitrogens with zero attached hydrogens (tertiary/aromatic N) is 4. The van der Waals surface area contributed by atoms with Crippen LogP contribution in [0.1, 0.15) is 28.8 Å². The van der Waals surface area contributed by atoms with Gasteiger partial charge in [0.2, 0.25) is 0 Å². The zero-order chi connectivity index (χ0) is 25.9. The van der Waals surface area contributed by atoms with Gasteiger partial charge in [0.25, 0.3) is 5.91 Å². The van der Waals surface area contributed by atoms with E-state index >= 15 is 0 Å². The number of carbonyl (C=O) groups excluding carboxylic acids is 1. The van der Waals surface area contributed by atoms with Crippen molar-refractivity contribution in [3.8, 4) is 34.2 Å². The van der Waals surface area contributed by atoms with E-state index in [1.54, 1.807) is 43.5 Å². The standard InChI is InChI=1S/C29H26FN5O2/c1-35(17-22-6-4-10-32-22)29(36)27-24(19-5-3-7-23(14-19)37-2)16-33-26-9-8-25(34-28(26)27)20-11-18(15-31)12-21(30)13-20/h3,5,7-9,11-14,16,22,32H,4,6,10,17H2,1-2H3/t22-/m0/s1. The van der Waals surface area contributed by atoms with Crippen LogP contribution in [-0.4, -0.2) is 54.1 Å². The van der Waals surface area contributed by atoms with Gasteiger partial charge in [0.1, 0.15) is 17.1 Å². The highest BCUT2D eigenvalue weighted by Crippen LogP contribution is 2.33. The number of amides is 1. The minimum absolute atomic E-state index is 0.180. The van der Waals surface area contributed by atoms with Gasteiger partial charge in [0.05, 0.1) is 35.5 Å². The van der Waals surface area contributed by atoms with Crippen LogP contribution in [0.2, 0.25) is 0 Å². The number of likely N-dealkylation sites (N-methyl/N-ethyl adjacent to an activating group) is 1. The largest absolute Gasteiger partial charge is 0.497 e. The normalized spacial score (nSPS) is 14.9. The van der Waals surface area contributed by atoms with Crippen molar-refractivity contribution in [3.63, 3.8) is 0 Å². The maximum atomic E-state index is 14.2. The summed E-state index contributed by atoms with van der Waals surface area (Å²) in [6.07, 6.45) is 3.78. The fourth-order valence-electron chi connectivity index (χ4n) is 4.77.